The molecular weight excluding hydrogens is 393 g/mol. The average Bonchev–Trinajstić information content (AvgIpc) is 3.09. The van der Waals surface area contributed by atoms with Gasteiger partial charge in [0.1, 0.15) is 11.5 Å². The molecule has 0 saturated carbocycles. The number of hydrogen-bond donors (Lipinski definition) is 1. The molecular formula is C20H14Cl3NO2. The van der Waals surface area contributed by atoms with Crippen LogP contribution < -0.4 is 5.32 Å². The van der Waals surface area contributed by atoms with Crippen LogP contribution in [0.4, 0.5) is 5.69 Å². The van der Waals surface area contributed by atoms with E-state index in [1.165, 1.54) is 6.08 Å². The summed E-state index contributed by atoms with van der Waals surface area (Å²) in [6.45, 7) is 1.94. The molecule has 0 saturated heterocycles. The third kappa shape index (κ3) is 4.31. The Morgan fingerprint density at radius 2 is 1.85 bits per heavy atom. The van der Waals surface area contributed by atoms with Gasteiger partial charge in [-0.25, -0.2) is 0 Å². The van der Waals surface area contributed by atoms with E-state index in [0.29, 0.717) is 32.3 Å². The lowest BCUT2D eigenvalue weighted by Crippen LogP contribution is -2.08. The smallest absolute Gasteiger partial charge is 0.248 e. The molecule has 0 aliphatic carbocycles. The lowest BCUT2D eigenvalue weighted by atomic mass is 10.1. The molecule has 0 aliphatic heterocycles. The average molecular weight is 407 g/mol. The summed E-state index contributed by atoms with van der Waals surface area (Å²) in [7, 11) is 0. The van der Waals surface area contributed by atoms with Crippen LogP contribution in [-0.4, -0.2) is 5.91 Å². The van der Waals surface area contributed by atoms with Crippen molar-refractivity contribution in [3.8, 4) is 11.3 Å². The lowest BCUT2D eigenvalue weighted by molar-refractivity contribution is -0.111. The van der Waals surface area contributed by atoms with Gasteiger partial charge in [0.15, 0.2) is 0 Å². The molecule has 26 heavy (non-hydrogen) atoms. The fourth-order valence-electron chi connectivity index (χ4n) is 2.28. The van der Waals surface area contributed by atoms with Crippen LogP contribution in [0, 0.1) is 6.92 Å². The highest BCUT2D eigenvalue weighted by molar-refractivity contribution is 6.44. The Bertz CT molecular complexity index is 992. The highest BCUT2D eigenvalue weighted by atomic mass is 35.5. The second-order valence-corrected chi connectivity index (χ2v) is 6.78. The van der Waals surface area contributed by atoms with Gasteiger partial charge in [0.2, 0.25) is 5.91 Å². The van der Waals surface area contributed by atoms with E-state index in [0.717, 1.165) is 11.1 Å². The quantitative estimate of drug-likeness (QED) is 0.480. The molecule has 1 N–H and O–H groups in total. The van der Waals surface area contributed by atoms with Gasteiger partial charge in [-0.1, -0.05) is 53.0 Å². The minimum absolute atomic E-state index is 0.299. The van der Waals surface area contributed by atoms with Crippen molar-refractivity contribution < 1.29 is 9.21 Å². The summed E-state index contributed by atoms with van der Waals surface area (Å²) in [5.74, 6) is 0.874. The van der Waals surface area contributed by atoms with Gasteiger partial charge in [0.05, 0.1) is 15.7 Å². The Labute approximate surface area is 166 Å². The molecule has 2 aromatic carbocycles. The van der Waals surface area contributed by atoms with E-state index in [4.69, 9.17) is 39.2 Å². The number of hydrogen-bond acceptors (Lipinski definition) is 2. The predicted octanol–water partition coefficient (Wildman–Crippen LogP) is 6.87. The molecule has 1 aromatic heterocycles. The second-order valence-electron chi connectivity index (χ2n) is 5.59. The summed E-state index contributed by atoms with van der Waals surface area (Å²) in [5.41, 5.74) is 2.32. The van der Waals surface area contributed by atoms with Crippen LogP contribution in [0.1, 0.15) is 11.3 Å². The van der Waals surface area contributed by atoms with Crippen LogP contribution in [0.3, 0.4) is 0 Å². The van der Waals surface area contributed by atoms with E-state index in [1.54, 1.807) is 30.3 Å². The molecule has 0 fully saturated rings. The van der Waals surface area contributed by atoms with Crippen molar-refractivity contribution in [2.75, 3.05) is 5.32 Å². The van der Waals surface area contributed by atoms with Gasteiger partial charge in [-0.15, -0.1) is 0 Å². The zero-order valence-electron chi connectivity index (χ0n) is 13.7. The van der Waals surface area contributed by atoms with E-state index in [1.807, 2.05) is 31.2 Å². The van der Waals surface area contributed by atoms with Crippen LogP contribution in [0.25, 0.3) is 17.4 Å². The number of rotatable bonds is 4. The number of furan rings is 1. The number of nitrogens with one attached hydrogen (secondary N) is 1. The van der Waals surface area contributed by atoms with Crippen molar-refractivity contribution in [3.63, 3.8) is 0 Å². The van der Waals surface area contributed by atoms with Gasteiger partial charge in [-0.05, 0) is 48.9 Å². The Hall–Kier alpha value is -2.20. The van der Waals surface area contributed by atoms with Crippen molar-refractivity contribution in [2.45, 2.75) is 6.92 Å². The van der Waals surface area contributed by atoms with Gasteiger partial charge in [0, 0.05) is 16.7 Å². The fraction of sp³-hybridized carbons (Fsp3) is 0.0500. The summed E-state index contributed by atoms with van der Waals surface area (Å²) in [6, 6.07) is 14.3. The van der Waals surface area contributed by atoms with Crippen LogP contribution in [-0.2, 0) is 4.79 Å². The van der Waals surface area contributed by atoms with E-state index in [-0.39, 0.29) is 5.91 Å². The molecule has 3 rings (SSSR count). The summed E-state index contributed by atoms with van der Waals surface area (Å²) < 4.78 is 5.74. The number of benzene rings is 2. The van der Waals surface area contributed by atoms with Gasteiger partial charge >= 0.3 is 0 Å². The first-order valence-electron chi connectivity index (χ1n) is 7.73. The third-order valence-electron chi connectivity index (χ3n) is 3.69. The first-order chi connectivity index (χ1) is 12.4. The summed E-state index contributed by atoms with van der Waals surface area (Å²) in [5, 5.41) is 4.02. The van der Waals surface area contributed by atoms with Crippen molar-refractivity contribution in [1.82, 2.24) is 0 Å². The number of anilines is 1. The van der Waals surface area contributed by atoms with Gasteiger partial charge < -0.3 is 9.73 Å². The SMILES string of the molecule is Cc1ccc(-c2ccc(C=CC(=O)Nc3cccc(Cl)c3Cl)o2)cc1Cl. The lowest BCUT2D eigenvalue weighted by Gasteiger charge is -2.05. The van der Waals surface area contributed by atoms with Crippen molar-refractivity contribution in [2.24, 2.45) is 0 Å². The number of aryl methyl sites for hydroxylation is 1. The maximum Gasteiger partial charge on any atom is 0.248 e. The fourth-order valence-corrected chi connectivity index (χ4v) is 2.80. The maximum absolute atomic E-state index is 12.0. The molecule has 0 unspecified atom stereocenters. The zero-order valence-corrected chi connectivity index (χ0v) is 16.0. The maximum atomic E-state index is 12.0. The van der Waals surface area contributed by atoms with Gasteiger partial charge in [0.25, 0.3) is 0 Å². The second kappa shape index (κ2) is 8.00. The summed E-state index contributed by atoms with van der Waals surface area (Å²) in [4.78, 5) is 12.0. The highest BCUT2D eigenvalue weighted by Gasteiger charge is 2.08. The standard InChI is InChI=1S/C20H14Cl3NO2/c1-12-5-6-13(11-16(12)22)18-9-7-14(26-18)8-10-19(25)24-17-4-2-3-15(21)20(17)23/h2-11H,1H3,(H,24,25). The van der Waals surface area contributed by atoms with E-state index in [2.05, 4.69) is 5.32 Å². The monoisotopic (exact) mass is 405 g/mol. The zero-order chi connectivity index (χ0) is 18.7. The van der Waals surface area contributed by atoms with Crippen molar-refractivity contribution in [3.05, 3.63) is 81.0 Å². The normalized spacial score (nSPS) is 11.1. The molecule has 0 atom stereocenters. The minimum Gasteiger partial charge on any atom is -0.457 e. The highest BCUT2D eigenvalue weighted by Crippen LogP contribution is 2.30. The number of carbonyl (C=O) groups is 1. The molecule has 132 valence electrons. The molecule has 3 aromatic rings. The summed E-state index contributed by atoms with van der Waals surface area (Å²) >= 11 is 18.1. The minimum atomic E-state index is -0.342. The van der Waals surface area contributed by atoms with Gasteiger partial charge in [-0.3, -0.25) is 4.79 Å². The molecule has 1 heterocycles. The number of halogens is 3. The number of amides is 1. The first kappa shape index (κ1) is 18.6. The van der Waals surface area contributed by atoms with Crippen LogP contribution in [0.2, 0.25) is 15.1 Å². The Morgan fingerprint density at radius 1 is 1.04 bits per heavy atom. The van der Waals surface area contributed by atoms with Crippen LogP contribution in [0.15, 0.2) is 59.0 Å². The van der Waals surface area contributed by atoms with E-state index in [9.17, 15) is 4.79 Å². The molecule has 1 amide bonds. The van der Waals surface area contributed by atoms with Gasteiger partial charge in [-0.2, -0.15) is 0 Å². The molecule has 0 bridgehead atoms. The van der Waals surface area contributed by atoms with Crippen LogP contribution in [0.5, 0.6) is 0 Å². The molecule has 0 spiro atoms. The topological polar surface area (TPSA) is 42.2 Å². The summed E-state index contributed by atoms with van der Waals surface area (Å²) in [6.07, 6.45) is 2.94. The third-order valence-corrected chi connectivity index (χ3v) is 4.92. The largest absolute Gasteiger partial charge is 0.457 e. The van der Waals surface area contributed by atoms with Crippen molar-refractivity contribution in [1.29, 1.82) is 0 Å². The molecule has 6 heteroatoms. The Kier molecular flexibility index (Phi) is 5.72. The number of carbonyl (C=O) groups excluding carboxylic acids is 1. The molecule has 0 aliphatic rings. The van der Waals surface area contributed by atoms with E-state index >= 15 is 0 Å². The van der Waals surface area contributed by atoms with Crippen molar-refractivity contribution >= 4 is 52.5 Å². The van der Waals surface area contributed by atoms with Crippen LogP contribution >= 0.6 is 34.8 Å². The predicted molar refractivity (Wildman–Crippen MR) is 108 cm³/mol. The van der Waals surface area contributed by atoms with E-state index < -0.39 is 0 Å². The molecule has 3 nitrogen and oxygen atoms in total. The first-order valence-corrected chi connectivity index (χ1v) is 8.87. The Balaban J connectivity index is 1.71. The molecule has 0 radical (unpaired) electrons. The Morgan fingerprint density at radius 3 is 2.62 bits per heavy atom.